The zero-order valence-electron chi connectivity index (χ0n) is 24.2. The van der Waals surface area contributed by atoms with Gasteiger partial charge >= 0.3 is 0 Å². The number of nitrogens with zero attached hydrogens (tertiary/aromatic N) is 6. The molecule has 0 aliphatic carbocycles. The topological polar surface area (TPSA) is 168 Å². The molecule has 0 radical (unpaired) electrons. The number of ether oxygens (including phenoxy) is 4. The zero-order chi connectivity index (χ0) is 29.6. The molecule has 43 heavy (non-hydrogen) atoms. The molecule has 0 amide bonds. The van der Waals surface area contributed by atoms with E-state index in [2.05, 4.69) is 25.7 Å². The summed E-state index contributed by atoms with van der Waals surface area (Å²) in [5.41, 5.74) is 1.71. The van der Waals surface area contributed by atoms with Gasteiger partial charge in [-0.2, -0.15) is 9.97 Å². The third-order valence-electron chi connectivity index (χ3n) is 8.25. The number of nitrogens with one attached hydrogen (secondary N) is 2. The summed E-state index contributed by atoms with van der Waals surface area (Å²) in [5.74, 6) is 1.38. The number of piperidine rings is 1. The van der Waals surface area contributed by atoms with Gasteiger partial charge in [-0.3, -0.25) is 14.2 Å². The number of carbonyl (C=O) groups is 2. The lowest BCUT2D eigenvalue weighted by molar-refractivity contribution is -0.151. The average Bonchev–Trinajstić information content (AvgIpc) is 3.77. The van der Waals surface area contributed by atoms with E-state index in [0.717, 1.165) is 32.5 Å². The van der Waals surface area contributed by atoms with Crippen molar-refractivity contribution in [3.05, 3.63) is 23.8 Å². The first kappa shape index (κ1) is 29.3. The Bertz CT molecular complexity index is 1370. The maximum Gasteiger partial charge on any atom is 0.293 e. The monoisotopic (exact) mass is 598 g/mol. The number of aryl methyl sites for hydroxylation is 1. The predicted molar refractivity (Wildman–Crippen MR) is 152 cm³/mol. The van der Waals surface area contributed by atoms with Crippen LogP contribution < -0.4 is 10.6 Å². The third-order valence-corrected chi connectivity index (χ3v) is 8.25. The summed E-state index contributed by atoms with van der Waals surface area (Å²) < 4.78 is 29.9. The summed E-state index contributed by atoms with van der Waals surface area (Å²) >= 11 is 0. The lowest BCUT2D eigenvalue weighted by atomic mass is 10.1. The van der Waals surface area contributed by atoms with Crippen LogP contribution in [0.25, 0.3) is 11.2 Å². The van der Waals surface area contributed by atoms with Gasteiger partial charge in [0, 0.05) is 38.4 Å². The minimum atomic E-state index is -1.02. The van der Waals surface area contributed by atoms with Gasteiger partial charge in [0.25, 0.3) is 12.9 Å². The highest BCUT2D eigenvalue weighted by molar-refractivity contribution is 5.84. The Balaban J connectivity index is 1.33. The van der Waals surface area contributed by atoms with Gasteiger partial charge in [-0.05, 0) is 45.2 Å². The van der Waals surface area contributed by atoms with Crippen molar-refractivity contribution >= 4 is 35.9 Å². The SMILES string of the molecule is CCc1cc([C@H]2O[C@@H](n3cnc4c(NC5CCOCC5)nc(NCCN5CCCCC5)nc43)[C@H](OC=O)[C@H]2OC=O)on1. The van der Waals surface area contributed by atoms with Gasteiger partial charge in [0.05, 0.1) is 12.0 Å². The fraction of sp³-hybridized carbons (Fsp3) is 0.643. The smallest absolute Gasteiger partial charge is 0.293 e. The lowest BCUT2D eigenvalue weighted by Gasteiger charge is -2.26. The highest BCUT2D eigenvalue weighted by Gasteiger charge is 2.51. The molecule has 0 saturated carbocycles. The summed E-state index contributed by atoms with van der Waals surface area (Å²) in [6.45, 7) is 7.64. The van der Waals surface area contributed by atoms with E-state index in [1.807, 2.05) is 6.92 Å². The summed E-state index contributed by atoms with van der Waals surface area (Å²) in [6.07, 6.45) is 3.78. The fourth-order valence-electron chi connectivity index (χ4n) is 5.97. The Kier molecular flexibility index (Phi) is 9.29. The van der Waals surface area contributed by atoms with Crippen LogP contribution >= 0.6 is 0 Å². The molecule has 0 spiro atoms. The van der Waals surface area contributed by atoms with Crippen molar-refractivity contribution in [2.75, 3.05) is 50.0 Å². The van der Waals surface area contributed by atoms with E-state index in [9.17, 15) is 9.59 Å². The summed E-state index contributed by atoms with van der Waals surface area (Å²) in [6, 6.07) is 1.90. The van der Waals surface area contributed by atoms with E-state index < -0.39 is 24.5 Å². The van der Waals surface area contributed by atoms with E-state index in [-0.39, 0.29) is 6.04 Å². The first-order valence-electron chi connectivity index (χ1n) is 15.0. The maximum atomic E-state index is 11.6. The van der Waals surface area contributed by atoms with Crippen molar-refractivity contribution in [1.29, 1.82) is 0 Å². The van der Waals surface area contributed by atoms with Crippen molar-refractivity contribution in [3.8, 4) is 0 Å². The van der Waals surface area contributed by atoms with Crippen LogP contribution in [-0.2, 0) is 35.0 Å². The number of hydrogen-bond donors (Lipinski definition) is 2. The standard InChI is InChI=1S/C28H38N8O7/c1-2-18-14-20(43-34-18)22-23(40-16-37)24(41-17-38)27(42-22)36-15-30-21-25(31-19-6-12-39-13-7-19)32-28(33-26(21)36)29-8-11-35-9-4-3-5-10-35/h14-17,19,22-24,27H,2-13H2,1H3,(H2,29,31,32,33)/t22-,23+,24-,27-/m1/s1. The van der Waals surface area contributed by atoms with Crippen molar-refractivity contribution in [1.82, 2.24) is 29.6 Å². The van der Waals surface area contributed by atoms with Gasteiger partial charge in [-0.25, -0.2) is 4.98 Å². The summed E-state index contributed by atoms with van der Waals surface area (Å²) in [4.78, 5) is 39.8. The molecular formula is C28H38N8O7. The molecule has 3 aromatic rings. The van der Waals surface area contributed by atoms with Gasteiger partial charge in [-0.15, -0.1) is 0 Å². The number of imidazole rings is 1. The molecular weight excluding hydrogens is 560 g/mol. The van der Waals surface area contributed by atoms with Crippen molar-refractivity contribution in [2.24, 2.45) is 0 Å². The second kappa shape index (κ2) is 13.7. The molecule has 6 rings (SSSR count). The van der Waals surface area contributed by atoms with Crippen molar-refractivity contribution in [3.63, 3.8) is 0 Å². The molecule has 232 valence electrons. The number of hydrogen-bond acceptors (Lipinski definition) is 14. The largest absolute Gasteiger partial charge is 0.457 e. The minimum Gasteiger partial charge on any atom is -0.457 e. The Labute approximate surface area is 248 Å². The Morgan fingerprint density at radius 3 is 2.60 bits per heavy atom. The Morgan fingerprint density at radius 2 is 1.86 bits per heavy atom. The molecule has 3 aliphatic heterocycles. The number of rotatable bonds is 13. The molecule has 3 aromatic heterocycles. The molecule has 3 fully saturated rings. The van der Waals surface area contributed by atoms with Gasteiger partial charge in [-0.1, -0.05) is 18.5 Å². The zero-order valence-corrected chi connectivity index (χ0v) is 24.2. The number of fused-ring (bicyclic) bond motifs is 1. The van der Waals surface area contributed by atoms with E-state index >= 15 is 0 Å². The quantitative estimate of drug-likeness (QED) is 0.275. The fourth-order valence-corrected chi connectivity index (χ4v) is 5.97. The minimum absolute atomic E-state index is 0.168. The van der Waals surface area contributed by atoms with Crippen LogP contribution in [0.2, 0.25) is 0 Å². The Hall–Kier alpha value is -3.82. The second-order valence-corrected chi connectivity index (χ2v) is 11.0. The Morgan fingerprint density at radius 1 is 1.07 bits per heavy atom. The van der Waals surface area contributed by atoms with E-state index in [1.54, 1.807) is 17.0 Å². The molecule has 15 nitrogen and oxygen atoms in total. The van der Waals surface area contributed by atoms with Crippen LogP contribution in [0.3, 0.4) is 0 Å². The lowest BCUT2D eigenvalue weighted by Crippen LogP contribution is -2.34. The predicted octanol–water partition coefficient (Wildman–Crippen LogP) is 2.22. The van der Waals surface area contributed by atoms with E-state index in [0.29, 0.717) is 73.5 Å². The van der Waals surface area contributed by atoms with Gasteiger partial charge in [0.2, 0.25) is 5.95 Å². The average molecular weight is 599 g/mol. The van der Waals surface area contributed by atoms with E-state index in [1.165, 1.54) is 19.3 Å². The highest BCUT2D eigenvalue weighted by Crippen LogP contribution is 2.43. The number of anilines is 2. The van der Waals surface area contributed by atoms with Crippen LogP contribution in [0.4, 0.5) is 11.8 Å². The first-order chi connectivity index (χ1) is 21.2. The summed E-state index contributed by atoms with van der Waals surface area (Å²) in [7, 11) is 0. The van der Waals surface area contributed by atoms with Gasteiger partial charge in [0.15, 0.2) is 47.3 Å². The van der Waals surface area contributed by atoms with Crippen LogP contribution in [-0.4, -0.2) is 100 Å². The van der Waals surface area contributed by atoms with Crippen LogP contribution in [0.5, 0.6) is 0 Å². The molecule has 3 saturated heterocycles. The molecule has 0 aromatic carbocycles. The molecule has 2 N–H and O–H groups in total. The maximum absolute atomic E-state index is 11.6. The first-order valence-corrected chi connectivity index (χ1v) is 15.0. The van der Waals surface area contributed by atoms with Crippen molar-refractivity contribution < 1.29 is 33.1 Å². The van der Waals surface area contributed by atoms with Gasteiger partial charge in [0.1, 0.15) is 0 Å². The molecule has 0 unspecified atom stereocenters. The molecule has 4 atom stereocenters. The molecule has 0 bridgehead atoms. The van der Waals surface area contributed by atoms with Crippen LogP contribution in [0.1, 0.15) is 62.8 Å². The number of aromatic nitrogens is 5. The second-order valence-electron chi connectivity index (χ2n) is 11.0. The van der Waals surface area contributed by atoms with Crippen LogP contribution in [0, 0.1) is 0 Å². The molecule has 15 heteroatoms. The highest BCUT2D eigenvalue weighted by atomic mass is 16.6. The third kappa shape index (κ3) is 6.43. The van der Waals surface area contributed by atoms with Gasteiger partial charge < -0.3 is 39.0 Å². The van der Waals surface area contributed by atoms with E-state index in [4.69, 9.17) is 33.4 Å². The van der Waals surface area contributed by atoms with Crippen LogP contribution in [0.15, 0.2) is 16.9 Å². The van der Waals surface area contributed by atoms with Crippen molar-refractivity contribution in [2.45, 2.75) is 76.0 Å². The molecule has 6 heterocycles. The molecule has 3 aliphatic rings. The number of likely N-dealkylation sites (tertiary alicyclic amines) is 1. The summed E-state index contributed by atoms with van der Waals surface area (Å²) in [5, 5.41) is 11.0. The number of carbonyl (C=O) groups excluding carboxylic acids is 2. The normalized spacial score (nSPS) is 25.0.